The van der Waals surface area contributed by atoms with Crippen LogP contribution in [0.15, 0.2) is 224 Å². The molecular weight excluding hydrogens is 763 g/mol. The molecule has 10 aromatic carbocycles. The molecule has 1 heterocycles. The maximum absolute atomic E-state index is 7.10. The van der Waals surface area contributed by atoms with Gasteiger partial charge in [0.2, 0.25) is 0 Å². The number of rotatable bonds is 6. The summed E-state index contributed by atoms with van der Waals surface area (Å²) in [6.45, 7) is 4.70. The molecule has 0 N–H and O–H groups in total. The van der Waals surface area contributed by atoms with Gasteiger partial charge in [-0.3, -0.25) is 0 Å². The van der Waals surface area contributed by atoms with Gasteiger partial charge in [-0.1, -0.05) is 184 Å². The standard InChI is InChI=1S/C61H43NO/c1-61(2)56-24-14-13-21-50(56)51-36-34-47(38-57(51)61)62(45-30-25-42(26-31-45)40-15-5-3-6-16-40)46-32-27-43(28-33-46)55-39-59-60(54-23-12-10-20-49(54)55)53-22-11-9-19-48(53)52-35-29-44(37-58(52)63-59)41-17-7-4-8-18-41/h3-39H,1-2H3. The van der Waals surface area contributed by atoms with E-state index in [-0.39, 0.29) is 5.41 Å². The molecule has 63 heavy (non-hydrogen) atoms. The van der Waals surface area contributed by atoms with Crippen LogP contribution in [-0.4, -0.2) is 0 Å². The minimum absolute atomic E-state index is 0.118. The van der Waals surface area contributed by atoms with Gasteiger partial charge in [-0.2, -0.15) is 0 Å². The summed E-state index contributed by atoms with van der Waals surface area (Å²) in [5, 5.41) is 2.35. The van der Waals surface area contributed by atoms with Crippen LogP contribution in [0.5, 0.6) is 11.5 Å². The van der Waals surface area contributed by atoms with E-state index in [1.165, 1.54) is 55.3 Å². The highest BCUT2D eigenvalue weighted by Gasteiger charge is 2.36. The van der Waals surface area contributed by atoms with Gasteiger partial charge in [0.1, 0.15) is 11.5 Å². The predicted molar refractivity (Wildman–Crippen MR) is 263 cm³/mol. The summed E-state index contributed by atoms with van der Waals surface area (Å²) in [5.74, 6) is 1.71. The van der Waals surface area contributed by atoms with Crippen LogP contribution in [0, 0.1) is 0 Å². The van der Waals surface area contributed by atoms with Crippen LogP contribution in [0.4, 0.5) is 17.1 Å². The van der Waals surface area contributed by atoms with Crippen molar-refractivity contribution in [3.8, 4) is 78.3 Å². The fourth-order valence-corrected chi connectivity index (χ4v) is 10.1. The zero-order valence-electron chi connectivity index (χ0n) is 35.2. The van der Waals surface area contributed by atoms with E-state index in [0.29, 0.717) is 0 Å². The van der Waals surface area contributed by atoms with Crippen LogP contribution < -0.4 is 9.64 Å². The van der Waals surface area contributed by atoms with E-state index in [1.54, 1.807) is 0 Å². The highest BCUT2D eigenvalue weighted by Crippen LogP contribution is 2.53. The molecule has 10 aromatic rings. The van der Waals surface area contributed by atoms with Crippen molar-refractivity contribution in [2.24, 2.45) is 0 Å². The van der Waals surface area contributed by atoms with Gasteiger partial charge >= 0.3 is 0 Å². The first-order valence-electron chi connectivity index (χ1n) is 21.8. The average Bonchev–Trinajstić information content (AvgIpc) is 3.47. The quantitative estimate of drug-likeness (QED) is 0.166. The summed E-state index contributed by atoms with van der Waals surface area (Å²) in [5.41, 5.74) is 20.1. The summed E-state index contributed by atoms with van der Waals surface area (Å²) in [6.07, 6.45) is 0. The van der Waals surface area contributed by atoms with Crippen LogP contribution in [0.25, 0.3) is 77.5 Å². The number of hydrogen-bond acceptors (Lipinski definition) is 2. The molecule has 0 saturated carbocycles. The predicted octanol–water partition coefficient (Wildman–Crippen LogP) is 17.1. The topological polar surface area (TPSA) is 12.5 Å². The zero-order valence-corrected chi connectivity index (χ0v) is 35.2. The van der Waals surface area contributed by atoms with E-state index < -0.39 is 0 Å². The SMILES string of the molecule is CC1(C)c2ccccc2-c2ccc(N(c3ccc(-c4ccccc4)cc3)c3ccc(-c4cc5c(c6ccccc46)-c4ccccc4-c4ccc(-c6ccccc6)cc4O5)cc3)cc21. The Labute approximate surface area is 369 Å². The number of benzene rings is 10. The average molecular weight is 806 g/mol. The molecule has 0 atom stereocenters. The zero-order chi connectivity index (χ0) is 42.1. The Hall–Kier alpha value is -7.94. The smallest absolute Gasteiger partial charge is 0.136 e. The van der Waals surface area contributed by atoms with Gasteiger partial charge < -0.3 is 9.64 Å². The van der Waals surface area contributed by atoms with Crippen LogP contribution in [-0.2, 0) is 5.41 Å². The van der Waals surface area contributed by atoms with Crippen molar-refractivity contribution < 1.29 is 4.74 Å². The van der Waals surface area contributed by atoms with Gasteiger partial charge in [0.15, 0.2) is 0 Å². The third kappa shape index (κ3) is 6.09. The first-order chi connectivity index (χ1) is 31.0. The van der Waals surface area contributed by atoms with E-state index in [2.05, 4.69) is 243 Å². The van der Waals surface area contributed by atoms with Crippen LogP contribution >= 0.6 is 0 Å². The Morgan fingerprint density at radius 1 is 0.317 bits per heavy atom. The second-order valence-corrected chi connectivity index (χ2v) is 17.3. The summed E-state index contributed by atoms with van der Waals surface area (Å²) in [6, 6.07) is 81.4. The highest BCUT2D eigenvalue weighted by atomic mass is 16.5. The fraction of sp³-hybridized carbons (Fsp3) is 0.0492. The monoisotopic (exact) mass is 805 g/mol. The molecule has 0 aromatic heterocycles. The molecule has 1 aliphatic heterocycles. The van der Waals surface area contributed by atoms with E-state index >= 15 is 0 Å². The molecule has 2 aliphatic rings. The van der Waals surface area contributed by atoms with Crippen LogP contribution in [0.1, 0.15) is 25.0 Å². The van der Waals surface area contributed by atoms with Crippen molar-refractivity contribution in [2.45, 2.75) is 19.3 Å². The molecule has 2 nitrogen and oxygen atoms in total. The Morgan fingerprint density at radius 3 is 1.54 bits per heavy atom. The highest BCUT2D eigenvalue weighted by molar-refractivity contribution is 6.10. The molecule has 0 fully saturated rings. The Kier molecular flexibility index (Phi) is 8.55. The van der Waals surface area contributed by atoms with Crippen molar-refractivity contribution in [3.05, 3.63) is 236 Å². The van der Waals surface area contributed by atoms with E-state index in [9.17, 15) is 0 Å². The number of anilines is 3. The number of hydrogen-bond donors (Lipinski definition) is 0. The Morgan fingerprint density at radius 2 is 0.825 bits per heavy atom. The van der Waals surface area contributed by atoms with Gasteiger partial charge in [-0.05, 0) is 132 Å². The minimum atomic E-state index is -0.118. The Balaban J connectivity index is 0.987. The lowest BCUT2D eigenvalue weighted by Gasteiger charge is -2.28. The lowest BCUT2D eigenvalue weighted by atomic mass is 9.82. The minimum Gasteiger partial charge on any atom is -0.456 e. The van der Waals surface area contributed by atoms with Crippen LogP contribution in [0.2, 0.25) is 0 Å². The second-order valence-electron chi connectivity index (χ2n) is 17.3. The van der Waals surface area contributed by atoms with Gasteiger partial charge in [0.05, 0.1) is 0 Å². The van der Waals surface area contributed by atoms with E-state index in [0.717, 1.165) is 61.9 Å². The molecule has 1 aliphatic carbocycles. The molecule has 2 heteroatoms. The van der Waals surface area contributed by atoms with Gasteiger partial charge in [-0.15, -0.1) is 0 Å². The van der Waals surface area contributed by atoms with Crippen molar-refractivity contribution in [1.29, 1.82) is 0 Å². The number of ether oxygens (including phenoxy) is 1. The third-order valence-electron chi connectivity index (χ3n) is 13.3. The molecule has 0 spiro atoms. The first-order valence-corrected chi connectivity index (χ1v) is 21.8. The summed E-state index contributed by atoms with van der Waals surface area (Å²) in [7, 11) is 0. The normalized spacial score (nSPS) is 12.9. The Bertz CT molecular complexity index is 3370. The third-order valence-corrected chi connectivity index (χ3v) is 13.3. The largest absolute Gasteiger partial charge is 0.456 e. The summed E-state index contributed by atoms with van der Waals surface area (Å²) in [4.78, 5) is 2.40. The fourth-order valence-electron chi connectivity index (χ4n) is 10.1. The van der Waals surface area contributed by atoms with Gasteiger partial charge in [-0.25, -0.2) is 0 Å². The molecule has 298 valence electrons. The molecule has 0 unspecified atom stereocenters. The molecule has 12 rings (SSSR count). The molecule has 0 saturated heterocycles. The molecule has 0 radical (unpaired) electrons. The van der Waals surface area contributed by atoms with Crippen molar-refractivity contribution in [1.82, 2.24) is 0 Å². The summed E-state index contributed by atoms with van der Waals surface area (Å²) >= 11 is 0. The lowest BCUT2D eigenvalue weighted by molar-refractivity contribution is 0.489. The van der Waals surface area contributed by atoms with Crippen molar-refractivity contribution in [2.75, 3.05) is 4.90 Å². The van der Waals surface area contributed by atoms with Gasteiger partial charge in [0, 0.05) is 33.6 Å². The van der Waals surface area contributed by atoms with E-state index in [1.807, 2.05) is 0 Å². The van der Waals surface area contributed by atoms with Crippen molar-refractivity contribution in [3.63, 3.8) is 0 Å². The maximum atomic E-state index is 7.10. The number of nitrogens with zero attached hydrogens (tertiary/aromatic N) is 1. The summed E-state index contributed by atoms with van der Waals surface area (Å²) < 4.78 is 7.10. The van der Waals surface area contributed by atoms with E-state index in [4.69, 9.17) is 4.74 Å². The molecule has 0 bridgehead atoms. The molecule has 0 amide bonds. The second kappa shape index (κ2) is 14.6. The first kappa shape index (κ1) is 36.9. The maximum Gasteiger partial charge on any atom is 0.136 e. The lowest BCUT2D eigenvalue weighted by Crippen LogP contribution is -2.16. The number of fused-ring (bicyclic) bond motifs is 10. The molecular formula is C61H43NO. The van der Waals surface area contributed by atoms with Crippen LogP contribution in [0.3, 0.4) is 0 Å². The van der Waals surface area contributed by atoms with Crippen molar-refractivity contribution >= 4 is 27.8 Å². The van der Waals surface area contributed by atoms with Gasteiger partial charge in [0.25, 0.3) is 0 Å².